The summed E-state index contributed by atoms with van der Waals surface area (Å²) in [6, 6.07) is 0. The van der Waals surface area contributed by atoms with Crippen LogP contribution in [-0.4, -0.2) is 0 Å². The Bertz CT molecular complexity index is 19.1. The topological polar surface area (TPSA) is 0 Å². The molecule has 0 amide bonds. The van der Waals surface area contributed by atoms with E-state index in [1.807, 2.05) is 0 Å². The van der Waals surface area contributed by atoms with Gasteiger partial charge in [-0.1, -0.05) is 0 Å². The molecule has 38 valence electrons. The van der Waals surface area contributed by atoms with E-state index in [0.29, 0.717) is 0 Å². The van der Waals surface area contributed by atoms with Gasteiger partial charge in [-0.05, 0) is 0 Å². The van der Waals surface area contributed by atoms with E-state index in [2.05, 4.69) is 21.3 Å². The fourth-order valence-corrected chi connectivity index (χ4v) is 0. The van der Waals surface area contributed by atoms with Gasteiger partial charge < -0.3 is 0 Å². The normalized spacial score (nSPS) is 15.2. The SMILES string of the molecule is [CH3][Pt]([CH3])([CH3])[CH3]. The monoisotopic (exact) mass is 255 g/mol. The van der Waals surface area contributed by atoms with Crippen molar-refractivity contribution in [1.82, 2.24) is 0 Å². The fourth-order valence-electron chi connectivity index (χ4n) is 0. The molecule has 0 fully saturated rings. The van der Waals surface area contributed by atoms with Crippen LogP contribution in [0, 0.1) is 0 Å². The second-order valence-corrected chi connectivity index (χ2v) is 15.5. The molecule has 0 aromatic carbocycles. The van der Waals surface area contributed by atoms with Crippen molar-refractivity contribution in [2.75, 3.05) is 0 Å². The van der Waals surface area contributed by atoms with Gasteiger partial charge in [0.15, 0.2) is 0 Å². The first-order valence-corrected chi connectivity index (χ1v) is 10.4. The molecule has 0 unspecified atom stereocenters. The summed E-state index contributed by atoms with van der Waals surface area (Å²) in [5.41, 5.74) is 0. The Morgan fingerprint density at radius 2 is 0.800 bits per heavy atom. The Hall–Kier alpha value is 0.688. The summed E-state index contributed by atoms with van der Waals surface area (Å²) in [5, 5.41) is 9.47. The molecule has 0 radical (unpaired) electrons. The zero-order valence-corrected chi connectivity index (χ0v) is 6.59. The Morgan fingerprint density at radius 1 is 0.800 bits per heavy atom. The zero-order chi connectivity index (χ0) is 4.50. The van der Waals surface area contributed by atoms with Crippen LogP contribution >= 0.6 is 0 Å². The first-order chi connectivity index (χ1) is 2.00. The van der Waals surface area contributed by atoms with E-state index >= 15 is 0 Å². The third-order valence-electron chi connectivity index (χ3n) is 0. The number of hydrogen-bond acceptors (Lipinski definition) is 0. The Kier molecular flexibility index (Phi) is 1.62. The van der Waals surface area contributed by atoms with Gasteiger partial charge in [0.25, 0.3) is 0 Å². The molecular formula is C4H12Pt. The Balaban J connectivity index is 3.02. The molecular weight excluding hydrogens is 243 g/mol. The van der Waals surface area contributed by atoms with Gasteiger partial charge in [0, 0.05) is 0 Å². The molecule has 0 atom stereocenters. The minimum absolute atomic E-state index is 0.944. The minimum atomic E-state index is -0.944. The van der Waals surface area contributed by atoms with Crippen molar-refractivity contribution in [3.05, 3.63) is 0 Å². The Labute approximate surface area is 37.8 Å². The zero-order valence-electron chi connectivity index (χ0n) is 4.32. The molecule has 0 bridgehead atoms. The van der Waals surface area contributed by atoms with Crippen LogP contribution in [0.15, 0.2) is 0 Å². The van der Waals surface area contributed by atoms with Crippen LogP contribution in [0.1, 0.15) is 0 Å². The van der Waals surface area contributed by atoms with Crippen molar-refractivity contribution >= 4 is 0 Å². The van der Waals surface area contributed by atoms with Crippen molar-refractivity contribution in [3.63, 3.8) is 0 Å². The van der Waals surface area contributed by atoms with Crippen LogP contribution in [0.5, 0.6) is 0 Å². The molecule has 0 saturated carbocycles. The molecule has 0 aromatic heterocycles. The fraction of sp³-hybridized carbons (Fsp3) is 1.00. The van der Waals surface area contributed by atoms with Crippen molar-refractivity contribution in [3.8, 4) is 0 Å². The van der Waals surface area contributed by atoms with Gasteiger partial charge in [0.1, 0.15) is 0 Å². The molecule has 0 aliphatic heterocycles. The van der Waals surface area contributed by atoms with Gasteiger partial charge in [-0.3, -0.25) is 0 Å². The van der Waals surface area contributed by atoms with Crippen LogP contribution in [0.2, 0.25) is 21.3 Å². The predicted molar refractivity (Wildman–Crippen MR) is 23.5 cm³/mol. The van der Waals surface area contributed by atoms with E-state index < -0.39 is 16.1 Å². The van der Waals surface area contributed by atoms with Crippen LogP contribution in [-0.2, 0) is 16.1 Å². The standard InChI is InChI=1S/4CH3.Pt/h4*1H3;. The Morgan fingerprint density at radius 3 is 0.800 bits per heavy atom. The quantitative estimate of drug-likeness (QED) is 0.623. The summed E-state index contributed by atoms with van der Waals surface area (Å²) in [6.07, 6.45) is 0. The van der Waals surface area contributed by atoms with Crippen molar-refractivity contribution in [2.45, 2.75) is 21.3 Å². The molecule has 0 nitrogen and oxygen atoms in total. The van der Waals surface area contributed by atoms with Crippen molar-refractivity contribution in [2.24, 2.45) is 0 Å². The van der Waals surface area contributed by atoms with Gasteiger partial charge in [0.05, 0.1) is 0 Å². The molecule has 0 rings (SSSR count). The predicted octanol–water partition coefficient (Wildman–Crippen LogP) is 2.33. The second kappa shape index (κ2) is 1.43. The summed E-state index contributed by atoms with van der Waals surface area (Å²) in [6.45, 7) is 0. The molecule has 0 spiro atoms. The van der Waals surface area contributed by atoms with Gasteiger partial charge in [-0.2, -0.15) is 0 Å². The number of rotatable bonds is 0. The summed E-state index contributed by atoms with van der Waals surface area (Å²) >= 11 is -0.944. The number of hydrogen-bond donors (Lipinski definition) is 0. The summed E-state index contributed by atoms with van der Waals surface area (Å²) in [5.74, 6) is 0. The third kappa shape index (κ3) is 71.5. The average molecular weight is 255 g/mol. The molecule has 0 heterocycles. The molecule has 0 saturated heterocycles. The van der Waals surface area contributed by atoms with Gasteiger partial charge in [0.2, 0.25) is 0 Å². The van der Waals surface area contributed by atoms with E-state index in [1.165, 1.54) is 0 Å². The van der Waals surface area contributed by atoms with E-state index in [9.17, 15) is 0 Å². The van der Waals surface area contributed by atoms with E-state index in [-0.39, 0.29) is 0 Å². The van der Waals surface area contributed by atoms with Crippen LogP contribution in [0.25, 0.3) is 0 Å². The van der Waals surface area contributed by atoms with Gasteiger partial charge in [-0.25, -0.2) is 0 Å². The molecule has 0 N–H and O–H groups in total. The summed E-state index contributed by atoms with van der Waals surface area (Å²) in [4.78, 5) is 0. The summed E-state index contributed by atoms with van der Waals surface area (Å²) < 4.78 is 0. The molecule has 0 aromatic rings. The maximum atomic E-state index is 2.37. The molecule has 5 heavy (non-hydrogen) atoms. The van der Waals surface area contributed by atoms with Crippen LogP contribution < -0.4 is 0 Å². The van der Waals surface area contributed by atoms with Crippen molar-refractivity contribution < 1.29 is 16.1 Å². The van der Waals surface area contributed by atoms with E-state index in [1.54, 1.807) is 0 Å². The summed E-state index contributed by atoms with van der Waals surface area (Å²) in [7, 11) is 0. The van der Waals surface area contributed by atoms with E-state index in [0.717, 1.165) is 0 Å². The first kappa shape index (κ1) is 5.69. The van der Waals surface area contributed by atoms with Gasteiger partial charge >= 0.3 is 37.3 Å². The molecule has 0 aliphatic carbocycles. The third-order valence-corrected chi connectivity index (χ3v) is 0. The van der Waals surface area contributed by atoms with E-state index in [4.69, 9.17) is 0 Å². The first-order valence-electron chi connectivity index (χ1n) is 1.26. The average Bonchev–Trinajstić information content (AvgIpc) is 0.722. The van der Waals surface area contributed by atoms with Crippen LogP contribution in [0.3, 0.4) is 0 Å². The molecule has 0 aliphatic rings. The van der Waals surface area contributed by atoms with Crippen LogP contribution in [0.4, 0.5) is 0 Å². The second-order valence-electron chi connectivity index (χ2n) is 1.90. The van der Waals surface area contributed by atoms with Crippen molar-refractivity contribution in [1.29, 1.82) is 0 Å². The maximum absolute atomic E-state index is 2.37. The van der Waals surface area contributed by atoms with Gasteiger partial charge in [-0.15, -0.1) is 0 Å². The molecule has 1 heteroatoms.